The summed E-state index contributed by atoms with van der Waals surface area (Å²) < 4.78 is 0. The molecule has 0 fully saturated rings. The Labute approximate surface area is 69.3 Å². The van der Waals surface area contributed by atoms with Crippen molar-refractivity contribution in [1.29, 1.82) is 0 Å². The molecule has 0 nitrogen and oxygen atoms in total. The normalized spacial score (nSPS) is 9.91. The zero-order valence-electron chi connectivity index (χ0n) is 7.09. The van der Waals surface area contributed by atoms with Gasteiger partial charge < -0.3 is 0 Å². The van der Waals surface area contributed by atoms with Gasteiger partial charge in [-0.3, -0.25) is 0 Å². The van der Waals surface area contributed by atoms with Gasteiger partial charge in [-0.05, 0) is 24.8 Å². The molecule has 1 radical (unpaired) electrons. The molecule has 1 aromatic rings. The van der Waals surface area contributed by atoms with Gasteiger partial charge in [0.05, 0.1) is 0 Å². The van der Waals surface area contributed by atoms with Crippen LogP contribution in [0.1, 0.15) is 25.3 Å². The third-order valence-corrected chi connectivity index (χ3v) is 1.80. The van der Waals surface area contributed by atoms with Crippen molar-refractivity contribution in [2.45, 2.75) is 26.2 Å². The minimum absolute atomic E-state index is 1.21. The van der Waals surface area contributed by atoms with E-state index in [9.17, 15) is 0 Å². The molecule has 0 saturated heterocycles. The molecule has 59 valence electrons. The molecule has 0 aromatic heterocycles. The summed E-state index contributed by atoms with van der Waals surface area (Å²) in [6.45, 7) is 2.12. The van der Waals surface area contributed by atoms with E-state index in [4.69, 9.17) is 0 Å². The van der Waals surface area contributed by atoms with Crippen LogP contribution in [0.2, 0.25) is 0 Å². The molecule has 0 aliphatic carbocycles. The summed E-state index contributed by atoms with van der Waals surface area (Å²) >= 11 is 0. The average Bonchev–Trinajstić information content (AvgIpc) is 2.07. The minimum atomic E-state index is 1.21. The molecule has 0 heterocycles. The molecule has 0 amide bonds. The Bertz CT molecular complexity index is 176. The van der Waals surface area contributed by atoms with Crippen molar-refractivity contribution in [3.63, 3.8) is 0 Å². The highest BCUT2D eigenvalue weighted by molar-refractivity contribution is 5.14. The molecule has 0 N–H and O–H groups in total. The highest BCUT2D eigenvalue weighted by Crippen LogP contribution is 2.04. The fourth-order valence-electron chi connectivity index (χ4n) is 1.15. The zero-order chi connectivity index (χ0) is 7.94. The number of rotatable bonds is 4. The molecule has 1 rings (SSSR count). The molecule has 0 bridgehead atoms. The molecular formula is C11H15. The smallest absolute Gasteiger partial charge is 0.0279 e. The number of unbranched alkanes of at least 4 members (excludes halogenated alkanes) is 2. The van der Waals surface area contributed by atoms with Gasteiger partial charge in [0.1, 0.15) is 0 Å². The van der Waals surface area contributed by atoms with Crippen molar-refractivity contribution < 1.29 is 0 Å². The molecule has 0 unspecified atom stereocenters. The summed E-state index contributed by atoms with van der Waals surface area (Å²) in [4.78, 5) is 0. The van der Waals surface area contributed by atoms with Crippen LogP contribution in [0.4, 0.5) is 0 Å². The lowest BCUT2D eigenvalue weighted by molar-refractivity contribution is 0.808. The van der Waals surface area contributed by atoms with Gasteiger partial charge in [-0.25, -0.2) is 0 Å². The van der Waals surface area contributed by atoms with E-state index in [1.807, 2.05) is 0 Å². The van der Waals surface area contributed by atoms with Gasteiger partial charge in [-0.1, -0.05) is 43.7 Å². The molecule has 0 atom stereocenters. The molecule has 0 saturated carbocycles. The van der Waals surface area contributed by atoms with Gasteiger partial charge in [0.15, 0.2) is 0 Å². The zero-order valence-corrected chi connectivity index (χ0v) is 7.09. The predicted octanol–water partition coefficient (Wildman–Crippen LogP) is 3.23. The highest BCUT2D eigenvalue weighted by atomic mass is 13.9. The van der Waals surface area contributed by atoms with Crippen LogP contribution in [0.3, 0.4) is 0 Å². The Kier molecular flexibility index (Phi) is 3.74. The Morgan fingerprint density at radius 3 is 2.55 bits per heavy atom. The summed E-state index contributed by atoms with van der Waals surface area (Å²) in [5.41, 5.74) is 1.45. The largest absolute Gasteiger partial charge is 0.0623 e. The second-order valence-electron chi connectivity index (χ2n) is 2.79. The van der Waals surface area contributed by atoms with Gasteiger partial charge in [0.25, 0.3) is 0 Å². The van der Waals surface area contributed by atoms with Crippen molar-refractivity contribution in [1.82, 2.24) is 0 Å². The van der Waals surface area contributed by atoms with E-state index in [1.54, 1.807) is 0 Å². The fourth-order valence-corrected chi connectivity index (χ4v) is 1.15. The molecule has 1 aromatic carbocycles. The first-order chi connectivity index (χ1) is 5.43. The van der Waals surface area contributed by atoms with E-state index in [2.05, 4.69) is 43.7 Å². The summed E-state index contributed by atoms with van der Waals surface area (Å²) in [7, 11) is 0. The van der Waals surface area contributed by atoms with Crippen LogP contribution in [0.5, 0.6) is 0 Å². The van der Waals surface area contributed by atoms with E-state index < -0.39 is 0 Å². The summed E-state index contributed by atoms with van der Waals surface area (Å²) in [6, 6.07) is 10.6. The van der Waals surface area contributed by atoms with Crippen LogP contribution in [0, 0.1) is 6.42 Å². The fraction of sp³-hybridized carbons (Fsp3) is 0.364. The van der Waals surface area contributed by atoms with Crippen LogP contribution in [-0.2, 0) is 6.42 Å². The van der Waals surface area contributed by atoms with Gasteiger partial charge in [0, 0.05) is 0 Å². The molecule has 0 heteroatoms. The van der Waals surface area contributed by atoms with E-state index in [1.165, 1.54) is 24.8 Å². The van der Waals surface area contributed by atoms with Crippen molar-refractivity contribution in [2.75, 3.05) is 0 Å². The first kappa shape index (κ1) is 8.32. The average molecular weight is 147 g/mol. The maximum Gasteiger partial charge on any atom is -0.0279 e. The first-order valence-corrected chi connectivity index (χ1v) is 4.25. The monoisotopic (exact) mass is 147 g/mol. The standard InChI is InChI=1S/C11H15/c1-2-3-5-8-11-9-6-4-7-10-11/h2,4,6-7,9-10H,3,5,8H2,1H3. The Balaban J connectivity index is 2.28. The van der Waals surface area contributed by atoms with E-state index in [0.717, 1.165) is 0 Å². The lowest BCUT2D eigenvalue weighted by Crippen LogP contribution is -1.83. The number of benzene rings is 1. The third-order valence-electron chi connectivity index (χ3n) is 1.80. The Morgan fingerprint density at radius 1 is 1.18 bits per heavy atom. The van der Waals surface area contributed by atoms with E-state index in [0.29, 0.717) is 0 Å². The lowest BCUT2D eigenvalue weighted by atomic mass is 10.1. The number of aryl methyl sites for hydroxylation is 1. The SMILES string of the molecule is C[CH]CCCc1ccccc1. The summed E-state index contributed by atoms with van der Waals surface area (Å²) in [5.74, 6) is 0. The van der Waals surface area contributed by atoms with E-state index in [-0.39, 0.29) is 0 Å². The second kappa shape index (κ2) is 4.95. The van der Waals surface area contributed by atoms with Crippen molar-refractivity contribution in [2.24, 2.45) is 0 Å². The maximum atomic E-state index is 2.23. The molecule has 11 heavy (non-hydrogen) atoms. The van der Waals surface area contributed by atoms with Gasteiger partial charge in [0.2, 0.25) is 0 Å². The van der Waals surface area contributed by atoms with Crippen LogP contribution in [-0.4, -0.2) is 0 Å². The van der Waals surface area contributed by atoms with Crippen LogP contribution < -0.4 is 0 Å². The third kappa shape index (κ3) is 3.22. The molecule has 0 spiro atoms. The molecular weight excluding hydrogens is 132 g/mol. The number of hydrogen-bond acceptors (Lipinski definition) is 0. The Hall–Kier alpha value is -0.780. The van der Waals surface area contributed by atoms with Gasteiger partial charge in [-0.2, -0.15) is 0 Å². The minimum Gasteiger partial charge on any atom is -0.0623 e. The van der Waals surface area contributed by atoms with Crippen molar-refractivity contribution in [3.05, 3.63) is 42.3 Å². The molecule has 0 aliphatic heterocycles. The number of hydrogen-bond donors (Lipinski definition) is 0. The summed E-state index contributed by atoms with van der Waals surface area (Å²) in [6.07, 6.45) is 5.95. The van der Waals surface area contributed by atoms with Gasteiger partial charge in [-0.15, -0.1) is 0 Å². The predicted molar refractivity (Wildman–Crippen MR) is 49.4 cm³/mol. The van der Waals surface area contributed by atoms with Crippen molar-refractivity contribution in [3.8, 4) is 0 Å². The molecule has 0 aliphatic rings. The quantitative estimate of drug-likeness (QED) is 0.573. The lowest BCUT2D eigenvalue weighted by Gasteiger charge is -1.98. The second-order valence-corrected chi connectivity index (χ2v) is 2.79. The van der Waals surface area contributed by atoms with E-state index >= 15 is 0 Å². The first-order valence-electron chi connectivity index (χ1n) is 4.25. The topological polar surface area (TPSA) is 0 Å². The van der Waals surface area contributed by atoms with Crippen LogP contribution in [0.25, 0.3) is 0 Å². The van der Waals surface area contributed by atoms with Gasteiger partial charge >= 0.3 is 0 Å². The maximum absolute atomic E-state index is 2.23. The summed E-state index contributed by atoms with van der Waals surface area (Å²) in [5, 5.41) is 0. The van der Waals surface area contributed by atoms with Crippen LogP contribution in [0.15, 0.2) is 30.3 Å². The van der Waals surface area contributed by atoms with Crippen molar-refractivity contribution >= 4 is 0 Å². The van der Waals surface area contributed by atoms with Crippen LogP contribution >= 0.6 is 0 Å². The highest BCUT2D eigenvalue weighted by Gasteiger charge is 1.89. The Morgan fingerprint density at radius 2 is 1.91 bits per heavy atom.